The van der Waals surface area contributed by atoms with Crippen LogP contribution in [0.1, 0.15) is 12.8 Å². The lowest BCUT2D eigenvalue weighted by Gasteiger charge is -2.29. The Bertz CT molecular complexity index is 668. The van der Waals surface area contributed by atoms with E-state index >= 15 is 0 Å². The Morgan fingerprint density at radius 2 is 1.96 bits per heavy atom. The van der Waals surface area contributed by atoms with Crippen LogP contribution in [0.4, 0.5) is 5.69 Å². The van der Waals surface area contributed by atoms with Gasteiger partial charge in [-0.15, -0.1) is 0 Å². The number of anilines is 1. The highest BCUT2D eigenvalue weighted by atomic mass is 16.5. The fourth-order valence-corrected chi connectivity index (χ4v) is 2.47. The van der Waals surface area contributed by atoms with Crippen molar-refractivity contribution in [3.05, 3.63) is 36.0 Å². The molecule has 1 amide bonds. The molecule has 0 bridgehead atoms. The van der Waals surface area contributed by atoms with Crippen LogP contribution in [0.25, 0.3) is 0 Å². The third-order valence-electron chi connectivity index (χ3n) is 3.90. The van der Waals surface area contributed by atoms with Gasteiger partial charge in [-0.2, -0.15) is 5.26 Å². The zero-order valence-corrected chi connectivity index (χ0v) is 13.4. The number of likely N-dealkylation sites (tertiary alicyclic amines) is 1. The lowest BCUT2D eigenvalue weighted by Crippen LogP contribution is -2.33. The molecule has 1 saturated heterocycles. The molecule has 2 rings (SSSR count). The first-order valence-electron chi connectivity index (χ1n) is 7.57. The standard InChI is InChI=1S/C17H19N3O4/c1-24-15-4-2-14(3-5-15)19-16(21)13(10-18)11-20-8-6-12(7-9-20)17(22)23/h2-5,11-12H,6-9H2,1H3,(H,19,21)(H,22,23)/b13-11-. The van der Waals surface area contributed by atoms with Crippen LogP contribution in [0.5, 0.6) is 5.75 Å². The molecular formula is C17H19N3O4. The second kappa shape index (κ2) is 8.02. The van der Waals surface area contributed by atoms with Crippen LogP contribution >= 0.6 is 0 Å². The molecular weight excluding hydrogens is 310 g/mol. The first kappa shape index (κ1) is 17.3. The van der Waals surface area contributed by atoms with Gasteiger partial charge >= 0.3 is 5.97 Å². The Kier molecular flexibility index (Phi) is 5.79. The number of hydrogen-bond acceptors (Lipinski definition) is 5. The smallest absolute Gasteiger partial charge is 0.306 e. The summed E-state index contributed by atoms with van der Waals surface area (Å²) < 4.78 is 5.04. The summed E-state index contributed by atoms with van der Waals surface area (Å²) in [4.78, 5) is 24.9. The molecule has 2 N–H and O–H groups in total. The van der Waals surface area contributed by atoms with Crippen molar-refractivity contribution in [1.29, 1.82) is 5.26 Å². The number of carbonyl (C=O) groups is 2. The third kappa shape index (κ3) is 4.49. The molecule has 7 nitrogen and oxygen atoms in total. The van der Waals surface area contributed by atoms with Crippen LogP contribution in [-0.4, -0.2) is 42.1 Å². The fraction of sp³-hybridized carbons (Fsp3) is 0.353. The van der Waals surface area contributed by atoms with Gasteiger partial charge in [-0.05, 0) is 37.1 Å². The highest BCUT2D eigenvalue weighted by Gasteiger charge is 2.24. The van der Waals surface area contributed by atoms with Gasteiger partial charge in [0.15, 0.2) is 0 Å². The third-order valence-corrected chi connectivity index (χ3v) is 3.90. The number of ether oxygens (including phenoxy) is 1. The monoisotopic (exact) mass is 329 g/mol. The molecule has 1 fully saturated rings. The summed E-state index contributed by atoms with van der Waals surface area (Å²) in [6.45, 7) is 1.02. The Hall–Kier alpha value is -3.01. The van der Waals surface area contributed by atoms with Gasteiger partial charge in [-0.25, -0.2) is 0 Å². The van der Waals surface area contributed by atoms with Gasteiger partial charge in [0.2, 0.25) is 0 Å². The zero-order valence-electron chi connectivity index (χ0n) is 13.4. The molecule has 1 aromatic carbocycles. The topological polar surface area (TPSA) is 103 Å². The molecule has 0 saturated carbocycles. The minimum absolute atomic E-state index is 0.0143. The molecule has 1 aliphatic rings. The van der Waals surface area contributed by atoms with Crippen LogP contribution < -0.4 is 10.1 Å². The van der Waals surface area contributed by atoms with E-state index in [0.29, 0.717) is 37.4 Å². The number of nitriles is 1. The number of carboxylic acids is 1. The van der Waals surface area contributed by atoms with Crippen molar-refractivity contribution in [3.8, 4) is 11.8 Å². The van der Waals surface area contributed by atoms with Crippen LogP contribution in [0, 0.1) is 17.2 Å². The van der Waals surface area contributed by atoms with E-state index < -0.39 is 11.9 Å². The van der Waals surface area contributed by atoms with E-state index in [1.165, 1.54) is 6.20 Å². The Morgan fingerprint density at radius 3 is 2.46 bits per heavy atom. The predicted molar refractivity (Wildman–Crippen MR) is 87.3 cm³/mol. The zero-order chi connectivity index (χ0) is 17.5. The van der Waals surface area contributed by atoms with E-state index in [2.05, 4.69) is 5.32 Å². The summed E-state index contributed by atoms with van der Waals surface area (Å²) in [5, 5.41) is 20.8. The number of methoxy groups -OCH3 is 1. The summed E-state index contributed by atoms with van der Waals surface area (Å²) in [5.41, 5.74) is 0.547. The summed E-state index contributed by atoms with van der Waals surface area (Å²) in [7, 11) is 1.55. The molecule has 0 aliphatic carbocycles. The van der Waals surface area contributed by atoms with Crippen LogP contribution in [0.2, 0.25) is 0 Å². The molecule has 1 aromatic rings. The molecule has 7 heteroatoms. The Balaban J connectivity index is 1.98. The molecule has 0 radical (unpaired) electrons. The normalized spacial score (nSPS) is 15.5. The number of carbonyl (C=O) groups excluding carboxylic acids is 1. The second-order valence-electron chi connectivity index (χ2n) is 5.49. The molecule has 24 heavy (non-hydrogen) atoms. The largest absolute Gasteiger partial charge is 0.497 e. The summed E-state index contributed by atoms with van der Waals surface area (Å²) in [6, 6.07) is 8.68. The van der Waals surface area contributed by atoms with Gasteiger partial charge in [0.05, 0.1) is 13.0 Å². The number of hydrogen-bond donors (Lipinski definition) is 2. The van der Waals surface area contributed by atoms with Crippen molar-refractivity contribution in [3.63, 3.8) is 0 Å². The van der Waals surface area contributed by atoms with Crippen LogP contribution in [0.15, 0.2) is 36.0 Å². The lowest BCUT2D eigenvalue weighted by molar-refractivity contribution is -0.143. The van der Waals surface area contributed by atoms with Crippen molar-refractivity contribution in [1.82, 2.24) is 4.90 Å². The first-order chi connectivity index (χ1) is 11.5. The number of rotatable bonds is 5. The fourth-order valence-electron chi connectivity index (χ4n) is 2.47. The van der Waals surface area contributed by atoms with E-state index in [-0.39, 0.29) is 11.5 Å². The SMILES string of the molecule is COc1ccc(NC(=O)/C(C#N)=C\N2CCC(C(=O)O)CC2)cc1. The van der Waals surface area contributed by atoms with Gasteiger partial charge < -0.3 is 20.1 Å². The van der Waals surface area contributed by atoms with Crippen molar-refractivity contribution >= 4 is 17.6 Å². The number of amides is 1. The maximum atomic E-state index is 12.2. The summed E-state index contributed by atoms with van der Waals surface area (Å²) in [6.07, 6.45) is 2.51. The van der Waals surface area contributed by atoms with Crippen molar-refractivity contribution in [2.45, 2.75) is 12.8 Å². The van der Waals surface area contributed by atoms with Crippen molar-refractivity contribution in [2.75, 3.05) is 25.5 Å². The molecule has 0 unspecified atom stereocenters. The minimum Gasteiger partial charge on any atom is -0.497 e. The van der Waals surface area contributed by atoms with E-state index in [4.69, 9.17) is 9.84 Å². The highest BCUT2D eigenvalue weighted by molar-refractivity contribution is 6.06. The van der Waals surface area contributed by atoms with E-state index in [1.807, 2.05) is 11.0 Å². The van der Waals surface area contributed by atoms with E-state index in [1.54, 1.807) is 31.4 Å². The van der Waals surface area contributed by atoms with Crippen LogP contribution in [-0.2, 0) is 9.59 Å². The van der Waals surface area contributed by atoms with Crippen LogP contribution in [0.3, 0.4) is 0 Å². The highest BCUT2D eigenvalue weighted by Crippen LogP contribution is 2.19. The quantitative estimate of drug-likeness (QED) is 0.631. The molecule has 0 spiro atoms. The molecule has 126 valence electrons. The maximum absolute atomic E-state index is 12.2. The minimum atomic E-state index is -0.795. The molecule has 1 heterocycles. The van der Waals surface area contributed by atoms with Gasteiger partial charge in [0.1, 0.15) is 17.4 Å². The van der Waals surface area contributed by atoms with Gasteiger partial charge in [0.25, 0.3) is 5.91 Å². The lowest BCUT2D eigenvalue weighted by atomic mass is 9.97. The average molecular weight is 329 g/mol. The summed E-state index contributed by atoms with van der Waals surface area (Å²) in [5.74, 6) is -0.974. The van der Waals surface area contributed by atoms with Crippen molar-refractivity contribution in [2.24, 2.45) is 5.92 Å². The van der Waals surface area contributed by atoms with E-state index in [9.17, 15) is 14.9 Å². The average Bonchev–Trinajstić information content (AvgIpc) is 2.60. The van der Waals surface area contributed by atoms with Gasteiger partial charge in [-0.1, -0.05) is 0 Å². The second-order valence-corrected chi connectivity index (χ2v) is 5.49. The van der Waals surface area contributed by atoms with E-state index in [0.717, 1.165) is 0 Å². The maximum Gasteiger partial charge on any atom is 0.306 e. The Morgan fingerprint density at radius 1 is 1.33 bits per heavy atom. The number of carboxylic acid groups (broad SMARTS) is 1. The van der Waals surface area contributed by atoms with Gasteiger partial charge in [0, 0.05) is 25.0 Å². The Labute approximate surface area is 140 Å². The molecule has 1 aliphatic heterocycles. The number of nitrogens with zero attached hydrogens (tertiary/aromatic N) is 2. The summed E-state index contributed by atoms with van der Waals surface area (Å²) >= 11 is 0. The first-order valence-corrected chi connectivity index (χ1v) is 7.57. The predicted octanol–water partition coefficient (Wildman–Crippen LogP) is 1.84. The molecule has 0 aromatic heterocycles. The number of benzene rings is 1. The van der Waals surface area contributed by atoms with Gasteiger partial charge in [-0.3, -0.25) is 9.59 Å². The molecule has 0 atom stereocenters. The number of nitrogens with one attached hydrogen (secondary N) is 1. The number of piperidine rings is 1. The number of aliphatic carboxylic acids is 1. The van der Waals surface area contributed by atoms with Crippen molar-refractivity contribution < 1.29 is 19.4 Å².